The number of hydrogen-bond donors (Lipinski definition) is 2. The maximum absolute atomic E-state index is 11.9. The van der Waals surface area contributed by atoms with Gasteiger partial charge in [-0.1, -0.05) is 36.4 Å². The summed E-state index contributed by atoms with van der Waals surface area (Å²) in [5.74, 6) is -0.820. The molecule has 0 aliphatic carbocycles. The lowest BCUT2D eigenvalue weighted by Gasteiger charge is -2.39. The molecule has 1 fully saturated rings. The lowest BCUT2D eigenvalue weighted by molar-refractivity contribution is -0.145. The summed E-state index contributed by atoms with van der Waals surface area (Å²) in [4.78, 5) is 25.3. The van der Waals surface area contributed by atoms with E-state index in [1.54, 1.807) is 11.0 Å². The van der Waals surface area contributed by atoms with Gasteiger partial charge in [0.15, 0.2) is 0 Å². The van der Waals surface area contributed by atoms with Crippen molar-refractivity contribution in [3.63, 3.8) is 0 Å². The topological polar surface area (TPSA) is 69.6 Å². The molecule has 2 rings (SSSR count). The van der Waals surface area contributed by atoms with Gasteiger partial charge in [0.25, 0.3) is 0 Å². The smallest absolute Gasteiger partial charge is 0.317 e. The maximum atomic E-state index is 11.9. The van der Waals surface area contributed by atoms with Crippen LogP contribution in [0.25, 0.3) is 0 Å². The molecule has 0 bridgehead atoms. The van der Waals surface area contributed by atoms with Gasteiger partial charge in [0, 0.05) is 19.6 Å². The van der Waals surface area contributed by atoms with Crippen molar-refractivity contribution in [2.45, 2.75) is 18.3 Å². The monoisotopic (exact) mass is 288 g/mol. The first-order chi connectivity index (χ1) is 10.1. The van der Waals surface area contributed by atoms with Crippen LogP contribution in [0.2, 0.25) is 0 Å². The second-order valence-corrected chi connectivity index (χ2v) is 5.22. The Balaban J connectivity index is 2.10. The standard InChI is InChI=1S/C16H20N2O3/c1-2-10-17-15(21)18-11-8-16(9-12-18,14(19)20)13-6-4-3-5-7-13/h2-7H,1,8-12H2,(H,17,21)(H,19,20). The van der Waals surface area contributed by atoms with E-state index >= 15 is 0 Å². The van der Waals surface area contributed by atoms with Crippen molar-refractivity contribution >= 4 is 12.0 Å². The lowest BCUT2D eigenvalue weighted by atomic mass is 9.73. The Morgan fingerprint density at radius 2 is 1.90 bits per heavy atom. The molecule has 1 aromatic carbocycles. The fraction of sp³-hybridized carbons (Fsp3) is 0.375. The van der Waals surface area contributed by atoms with E-state index in [9.17, 15) is 14.7 Å². The van der Waals surface area contributed by atoms with Gasteiger partial charge in [-0.05, 0) is 18.4 Å². The van der Waals surface area contributed by atoms with Crippen LogP contribution in [-0.2, 0) is 10.2 Å². The van der Waals surface area contributed by atoms with E-state index in [1.807, 2.05) is 30.3 Å². The summed E-state index contributed by atoms with van der Waals surface area (Å²) in [6.45, 7) is 4.84. The summed E-state index contributed by atoms with van der Waals surface area (Å²) in [5, 5.41) is 12.4. The van der Waals surface area contributed by atoms with E-state index in [2.05, 4.69) is 11.9 Å². The number of rotatable bonds is 4. The molecule has 1 saturated heterocycles. The maximum Gasteiger partial charge on any atom is 0.317 e. The Hall–Kier alpha value is -2.30. The SMILES string of the molecule is C=CCNC(=O)N1CCC(C(=O)O)(c2ccccc2)CC1. The van der Waals surface area contributed by atoms with Gasteiger partial charge in [0.05, 0.1) is 5.41 Å². The van der Waals surface area contributed by atoms with E-state index in [-0.39, 0.29) is 6.03 Å². The molecule has 112 valence electrons. The van der Waals surface area contributed by atoms with E-state index < -0.39 is 11.4 Å². The predicted molar refractivity (Wildman–Crippen MR) is 80.2 cm³/mol. The van der Waals surface area contributed by atoms with Gasteiger partial charge in [-0.25, -0.2) is 4.79 Å². The Bertz CT molecular complexity index is 520. The van der Waals surface area contributed by atoms with E-state index in [1.165, 1.54) is 0 Å². The number of carbonyl (C=O) groups excluding carboxylic acids is 1. The van der Waals surface area contributed by atoms with Gasteiger partial charge in [-0.15, -0.1) is 6.58 Å². The van der Waals surface area contributed by atoms with Crippen LogP contribution in [0.3, 0.4) is 0 Å². The van der Waals surface area contributed by atoms with Crippen molar-refractivity contribution in [3.05, 3.63) is 48.6 Å². The molecule has 2 amide bonds. The van der Waals surface area contributed by atoms with Gasteiger partial charge in [-0.3, -0.25) is 4.79 Å². The Kier molecular flexibility index (Phi) is 4.62. The molecule has 0 spiro atoms. The zero-order valence-corrected chi connectivity index (χ0v) is 11.9. The average Bonchev–Trinajstić information content (AvgIpc) is 2.53. The van der Waals surface area contributed by atoms with Crippen LogP contribution in [0.5, 0.6) is 0 Å². The number of likely N-dealkylation sites (tertiary alicyclic amines) is 1. The molecule has 0 aromatic heterocycles. The summed E-state index contributed by atoms with van der Waals surface area (Å²) in [5.41, 5.74) is -0.0834. The zero-order valence-electron chi connectivity index (χ0n) is 11.9. The molecule has 0 unspecified atom stereocenters. The first-order valence-corrected chi connectivity index (χ1v) is 7.03. The molecular weight excluding hydrogens is 268 g/mol. The molecule has 0 atom stereocenters. The van der Waals surface area contributed by atoms with Crippen LogP contribution in [0.1, 0.15) is 18.4 Å². The molecule has 5 nitrogen and oxygen atoms in total. The third kappa shape index (κ3) is 3.07. The van der Waals surface area contributed by atoms with Gasteiger partial charge in [0.1, 0.15) is 0 Å². The minimum absolute atomic E-state index is 0.165. The number of nitrogens with zero attached hydrogens (tertiary/aromatic N) is 1. The second kappa shape index (κ2) is 6.43. The molecular formula is C16H20N2O3. The summed E-state index contributed by atoms with van der Waals surface area (Å²) in [6.07, 6.45) is 2.47. The van der Waals surface area contributed by atoms with Gasteiger partial charge >= 0.3 is 12.0 Å². The van der Waals surface area contributed by atoms with E-state index in [4.69, 9.17) is 0 Å². The third-order valence-corrected chi connectivity index (χ3v) is 4.04. The summed E-state index contributed by atoms with van der Waals surface area (Å²) in [7, 11) is 0. The lowest BCUT2D eigenvalue weighted by Crippen LogP contribution is -2.51. The Labute approximate surface area is 124 Å². The fourth-order valence-electron chi connectivity index (χ4n) is 2.75. The van der Waals surface area contributed by atoms with Crippen LogP contribution in [0.4, 0.5) is 4.79 Å². The highest BCUT2D eigenvalue weighted by Gasteiger charge is 2.43. The van der Waals surface area contributed by atoms with Gasteiger partial charge in [-0.2, -0.15) is 0 Å². The Morgan fingerprint density at radius 3 is 2.43 bits per heavy atom. The van der Waals surface area contributed by atoms with Crippen LogP contribution in [0, 0.1) is 0 Å². The second-order valence-electron chi connectivity index (χ2n) is 5.22. The first-order valence-electron chi connectivity index (χ1n) is 7.03. The quantitative estimate of drug-likeness (QED) is 0.833. The molecule has 0 radical (unpaired) electrons. The minimum atomic E-state index is -0.892. The number of amides is 2. The van der Waals surface area contributed by atoms with E-state index in [0.29, 0.717) is 32.5 Å². The highest BCUT2D eigenvalue weighted by molar-refractivity contribution is 5.82. The van der Waals surface area contributed by atoms with Crippen molar-refractivity contribution in [1.29, 1.82) is 0 Å². The minimum Gasteiger partial charge on any atom is -0.481 e. The number of hydrogen-bond acceptors (Lipinski definition) is 2. The average molecular weight is 288 g/mol. The molecule has 1 aliphatic heterocycles. The Morgan fingerprint density at radius 1 is 1.29 bits per heavy atom. The van der Waals surface area contributed by atoms with Crippen LogP contribution in [-0.4, -0.2) is 41.6 Å². The van der Waals surface area contributed by atoms with Crippen LogP contribution in [0.15, 0.2) is 43.0 Å². The third-order valence-electron chi connectivity index (χ3n) is 4.04. The van der Waals surface area contributed by atoms with Crippen LogP contribution < -0.4 is 5.32 Å². The van der Waals surface area contributed by atoms with Crippen LogP contribution >= 0.6 is 0 Å². The molecule has 0 saturated carbocycles. The summed E-state index contributed by atoms with van der Waals surface area (Å²) in [6, 6.07) is 9.11. The zero-order chi connectivity index (χ0) is 15.3. The first kappa shape index (κ1) is 15.1. The van der Waals surface area contributed by atoms with E-state index in [0.717, 1.165) is 5.56 Å². The van der Waals surface area contributed by atoms with Gasteiger partial charge < -0.3 is 15.3 Å². The van der Waals surface area contributed by atoms with Crippen molar-refractivity contribution in [2.24, 2.45) is 0 Å². The predicted octanol–water partition coefficient (Wildman–Crippen LogP) is 2.00. The summed E-state index contributed by atoms with van der Waals surface area (Å²) < 4.78 is 0. The van der Waals surface area contributed by atoms with Crippen molar-refractivity contribution in [2.75, 3.05) is 19.6 Å². The molecule has 1 heterocycles. The normalized spacial score (nSPS) is 17.0. The number of carboxylic acid groups (broad SMARTS) is 1. The largest absolute Gasteiger partial charge is 0.481 e. The summed E-state index contributed by atoms with van der Waals surface area (Å²) >= 11 is 0. The van der Waals surface area contributed by atoms with Crippen molar-refractivity contribution in [3.8, 4) is 0 Å². The number of benzene rings is 1. The molecule has 5 heteroatoms. The van der Waals surface area contributed by atoms with Crippen molar-refractivity contribution in [1.82, 2.24) is 10.2 Å². The number of nitrogens with one attached hydrogen (secondary N) is 1. The molecule has 21 heavy (non-hydrogen) atoms. The number of aliphatic carboxylic acids is 1. The van der Waals surface area contributed by atoms with Crippen molar-refractivity contribution < 1.29 is 14.7 Å². The highest BCUT2D eigenvalue weighted by Crippen LogP contribution is 2.35. The molecule has 1 aliphatic rings. The molecule has 2 N–H and O–H groups in total. The number of piperidine rings is 1. The highest BCUT2D eigenvalue weighted by atomic mass is 16.4. The molecule has 1 aromatic rings. The van der Waals surface area contributed by atoms with Gasteiger partial charge in [0.2, 0.25) is 0 Å². The fourth-order valence-corrected chi connectivity index (χ4v) is 2.75. The number of carbonyl (C=O) groups is 2. The number of carboxylic acids is 1. The number of urea groups is 1.